The SMILES string of the molecule is CCC(C)(C)C=CC(C)=C(C)C. The minimum Gasteiger partial charge on any atom is -0.0786 e. The van der Waals surface area contributed by atoms with Crippen molar-refractivity contribution in [3.63, 3.8) is 0 Å². The fourth-order valence-electron chi connectivity index (χ4n) is 0.635. The Labute approximate surface area is 77.4 Å². The maximum Gasteiger partial charge on any atom is -0.0174 e. The van der Waals surface area contributed by atoms with Crippen LogP contribution in [0.25, 0.3) is 0 Å². The molecule has 0 N–H and O–H groups in total. The summed E-state index contributed by atoms with van der Waals surface area (Å²) in [7, 11) is 0. The number of hydrogen-bond donors (Lipinski definition) is 0. The van der Waals surface area contributed by atoms with Gasteiger partial charge in [0.15, 0.2) is 0 Å². The average molecular weight is 166 g/mol. The Kier molecular flexibility index (Phi) is 4.30. The van der Waals surface area contributed by atoms with Gasteiger partial charge in [-0.05, 0) is 32.6 Å². The molecule has 12 heavy (non-hydrogen) atoms. The zero-order chi connectivity index (χ0) is 9.78. The molecule has 0 atom stereocenters. The van der Waals surface area contributed by atoms with E-state index < -0.39 is 0 Å². The Morgan fingerprint density at radius 1 is 1.17 bits per heavy atom. The van der Waals surface area contributed by atoms with E-state index in [-0.39, 0.29) is 0 Å². The molecule has 0 nitrogen and oxygen atoms in total. The summed E-state index contributed by atoms with van der Waals surface area (Å²) in [5.74, 6) is 0. The summed E-state index contributed by atoms with van der Waals surface area (Å²) in [6.45, 7) is 13.2. The second kappa shape index (κ2) is 4.49. The van der Waals surface area contributed by atoms with E-state index in [1.807, 2.05) is 0 Å². The first-order chi connectivity index (χ1) is 5.39. The highest BCUT2D eigenvalue weighted by Crippen LogP contribution is 2.22. The lowest BCUT2D eigenvalue weighted by Gasteiger charge is -2.16. The minimum absolute atomic E-state index is 0.344. The monoisotopic (exact) mass is 166 g/mol. The van der Waals surface area contributed by atoms with Gasteiger partial charge in [-0.15, -0.1) is 0 Å². The van der Waals surface area contributed by atoms with Gasteiger partial charge in [-0.3, -0.25) is 0 Å². The van der Waals surface area contributed by atoms with Gasteiger partial charge in [0.05, 0.1) is 0 Å². The molecule has 0 radical (unpaired) electrons. The zero-order valence-corrected chi connectivity index (χ0v) is 9.36. The molecule has 0 spiro atoms. The van der Waals surface area contributed by atoms with Crippen molar-refractivity contribution in [2.24, 2.45) is 5.41 Å². The maximum absolute atomic E-state index is 2.30. The quantitative estimate of drug-likeness (QED) is 0.547. The molecule has 0 aromatic rings. The van der Waals surface area contributed by atoms with Crippen LogP contribution in [0.2, 0.25) is 0 Å². The number of rotatable bonds is 3. The van der Waals surface area contributed by atoms with Gasteiger partial charge in [0.1, 0.15) is 0 Å². The Morgan fingerprint density at radius 2 is 1.67 bits per heavy atom. The van der Waals surface area contributed by atoms with Crippen LogP contribution in [0.5, 0.6) is 0 Å². The highest BCUT2D eigenvalue weighted by Gasteiger charge is 2.08. The summed E-state index contributed by atoms with van der Waals surface area (Å²) in [5, 5.41) is 0. The van der Waals surface area contributed by atoms with Crippen LogP contribution in [-0.4, -0.2) is 0 Å². The first-order valence-corrected chi connectivity index (χ1v) is 4.72. The fourth-order valence-corrected chi connectivity index (χ4v) is 0.635. The molecule has 0 heterocycles. The third-order valence-electron chi connectivity index (χ3n) is 2.48. The molecule has 0 saturated heterocycles. The standard InChI is InChI=1S/C12H22/c1-7-12(5,6)9-8-11(4)10(2)3/h8-9H,7H2,1-6H3. The molecule has 0 fully saturated rings. The fraction of sp³-hybridized carbons (Fsp3) is 0.667. The Balaban J connectivity index is 4.36. The molecule has 0 aliphatic heterocycles. The average Bonchev–Trinajstić information content (AvgIpc) is 2.00. The van der Waals surface area contributed by atoms with Gasteiger partial charge < -0.3 is 0 Å². The van der Waals surface area contributed by atoms with Crippen molar-refractivity contribution in [3.8, 4) is 0 Å². The van der Waals surface area contributed by atoms with Gasteiger partial charge in [0.2, 0.25) is 0 Å². The molecule has 0 aliphatic rings. The Bertz CT molecular complexity index is 188. The van der Waals surface area contributed by atoms with Crippen molar-refractivity contribution in [1.82, 2.24) is 0 Å². The van der Waals surface area contributed by atoms with Gasteiger partial charge in [-0.2, -0.15) is 0 Å². The van der Waals surface area contributed by atoms with Crippen molar-refractivity contribution in [1.29, 1.82) is 0 Å². The van der Waals surface area contributed by atoms with E-state index in [9.17, 15) is 0 Å². The van der Waals surface area contributed by atoms with Gasteiger partial charge in [0.25, 0.3) is 0 Å². The molecule has 0 bridgehead atoms. The molecule has 0 saturated carbocycles. The summed E-state index contributed by atoms with van der Waals surface area (Å²) in [5.41, 5.74) is 3.13. The Hall–Kier alpha value is -0.520. The minimum atomic E-state index is 0.344. The second-order valence-electron chi connectivity index (χ2n) is 4.36. The molecule has 0 aliphatic carbocycles. The molecule has 0 amide bonds. The molecular formula is C12H22. The van der Waals surface area contributed by atoms with Crippen molar-refractivity contribution in [2.45, 2.75) is 48.0 Å². The van der Waals surface area contributed by atoms with E-state index in [0.29, 0.717) is 5.41 Å². The zero-order valence-electron chi connectivity index (χ0n) is 9.36. The van der Waals surface area contributed by atoms with E-state index in [1.165, 1.54) is 17.6 Å². The molecule has 0 rings (SSSR count). The van der Waals surface area contributed by atoms with Crippen molar-refractivity contribution < 1.29 is 0 Å². The largest absolute Gasteiger partial charge is 0.0786 e. The van der Waals surface area contributed by atoms with Crippen molar-refractivity contribution >= 4 is 0 Å². The molecular weight excluding hydrogens is 144 g/mol. The molecule has 0 heteroatoms. The molecule has 0 aromatic heterocycles. The van der Waals surface area contributed by atoms with Gasteiger partial charge in [0, 0.05) is 0 Å². The second-order valence-corrected chi connectivity index (χ2v) is 4.36. The lowest BCUT2D eigenvalue weighted by atomic mass is 9.89. The van der Waals surface area contributed by atoms with Crippen LogP contribution in [0.4, 0.5) is 0 Å². The summed E-state index contributed by atoms with van der Waals surface area (Å²) in [4.78, 5) is 0. The Morgan fingerprint density at radius 3 is 2.00 bits per heavy atom. The van der Waals surface area contributed by atoms with Crippen molar-refractivity contribution in [3.05, 3.63) is 23.3 Å². The lowest BCUT2D eigenvalue weighted by molar-refractivity contribution is 0.462. The van der Waals surface area contributed by atoms with E-state index in [4.69, 9.17) is 0 Å². The number of allylic oxidation sites excluding steroid dienone is 4. The van der Waals surface area contributed by atoms with E-state index in [0.717, 1.165) is 0 Å². The van der Waals surface area contributed by atoms with Gasteiger partial charge >= 0.3 is 0 Å². The van der Waals surface area contributed by atoms with Gasteiger partial charge in [-0.1, -0.05) is 44.1 Å². The van der Waals surface area contributed by atoms with E-state index >= 15 is 0 Å². The molecule has 0 unspecified atom stereocenters. The van der Waals surface area contributed by atoms with Crippen LogP contribution in [0, 0.1) is 5.41 Å². The van der Waals surface area contributed by atoms with E-state index in [1.54, 1.807) is 0 Å². The first-order valence-electron chi connectivity index (χ1n) is 4.72. The summed E-state index contributed by atoms with van der Waals surface area (Å²) < 4.78 is 0. The maximum atomic E-state index is 2.30. The molecule has 0 aromatic carbocycles. The first kappa shape index (κ1) is 11.5. The lowest BCUT2D eigenvalue weighted by Crippen LogP contribution is -2.04. The third kappa shape index (κ3) is 4.38. The summed E-state index contributed by atoms with van der Waals surface area (Å²) in [6, 6.07) is 0. The third-order valence-corrected chi connectivity index (χ3v) is 2.48. The smallest absolute Gasteiger partial charge is 0.0174 e. The summed E-state index contributed by atoms with van der Waals surface area (Å²) in [6.07, 6.45) is 5.73. The van der Waals surface area contributed by atoms with Crippen LogP contribution in [0.3, 0.4) is 0 Å². The topological polar surface area (TPSA) is 0 Å². The highest BCUT2D eigenvalue weighted by molar-refractivity contribution is 5.22. The summed E-state index contributed by atoms with van der Waals surface area (Å²) >= 11 is 0. The molecule has 70 valence electrons. The predicted octanol–water partition coefficient (Wildman–Crippen LogP) is 4.34. The normalized spacial score (nSPS) is 12.2. The predicted molar refractivity (Wildman–Crippen MR) is 57.3 cm³/mol. The number of hydrogen-bond acceptors (Lipinski definition) is 0. The van der Waals surface area contributed by atoms with Crippen LogP contribution < -0.4 is 0 Å². The van der Waals surface area contributed by atoms with Crippen LogP contribution in [0.1, 0.15) is 48.0 Å². The van der Waals surface area contributed by atoms with Crippen LogP contribution >= 0.6 is 0 Å². The van der Waals surface area contributed by atoms with Crippen LogP contribution in [0.15, 0.2) is 23.3 Å². The van der Waals surface area contributed by atoms with Crippen molar-refractivity contribution in [2.75, 3.05) is 0 Å². The highest BCUT2D eigenvalue weighted by atomic mass is 14.1. The van der Waals surface area contributed by atoms with Gasteiger partial charge in [-0.25, -0.2) is 0 Å². The van der Waals surface area contributed by atoms with E-state index in [2.05, 4.69) is 53.7 Å². The van der Waals surface area contributed by atoms with Crippen LogP contribution in [-0.2, 0) is 0 Å².